The first kappa shape index (κ1) is 60.0. The van der Waals surface area contributed by atoms with Crippen molar-refractivity contribution >= 4 is 140 Å². The molecule has 0 amide bonds. The van der Waals surface area contributed by atoms with E-state index in [-0.39, 0.29) is 0 Å². The van der Waals surface area contributed by atoms with E-state index in [1.165, 1.54) is 151 Å². The second kappa shape index (κ2) is 28.3. The summed E-state index contributed by atoms with van der Waals surface area (Å²) in [6.07, 6.45) is 6.72. The van der Waals surface area contributed by atoms with Crippen LogP contribution in [0, 0.1) is 0 Å². The third-order valence-corrected chi connectivity index (χ3v) is 18.4. The molecule has 0 aromatic heterocycles. The Kier molecular flexibility index (Phi) is 17.7. The highest BCUT2D eigenvalue weighted by Crippen LogP contribution is 2.39. The van der Waals surface area contributed by atoms with Crippen LogP contribution in [0.2, 0.25) is 0 Å². The van der Waals surface area contributed by atoms with Crippen molar-refractivity contribution in [2.45, 2.75) is 12.8 Å². The summed E-state index contributed by atoms with van der Waals surface area (Å²) in [6, 6.07) is 138. The molecule has 20 aromatic rings. The van der Waals surface area contributed by atoms with E-state index in [4.69, 9.17) is 0 Å². The lowest BCUT2D eigenvalue weighted by Gasteiger charge is -2.12. The van der Waals surface area contributed by atoms with Gasteiger partial charge in [-0.3, -0.25) is 0 Å². The molecule has 0 heterocycles. The zero-order valence-corrected chi connectivity index (χ0v) is 53.5. The quantitative estimate of drug-likeness (QED) is 0.0806. The van der Waals surface area contributed by atoms with Crippen LogP contribution in [0.15, 0.2) is 400 Å². The zero-order valence-electron chi connectivity index (χ0n) is 53.5. The maximum Gasteiger partial charge on any atom is -0.00204 e. The Balaban J connectivity index is 0.0000000953. The SMILES string of the molecule is C1=CCc2ccccc2C1.c1ccc2c(c1)cc1ccc3cccc4ccc2c1c34.c1ccc2cc3cc4cc5ccccc5cc4cc3cc2c1.c1ccc2cc3cc4ccccc4cc3cc2c1.c1ccc2ccccc2c1.c1ccc2ccccc2c1.c1ccccc1. The molecule has 0 saturated heterocycles. The summed E-state index contributed by atoms with van der Waals surface area (Å²) in [7, 11) is 0. The molecule has 21 rings (SSSR count). The molecule has 454 valence electrons. The van der Waals surface area contributed by atoms with Gasteiger partial charge in [-0.25, -0.2) is 0 Å². The van der Waals surface area contributed by atoms with Crippen molar-refractivity contribution in [3.05, 3.63) is 412 Å². The van der Waals surface area contributed by atoms with E-state index in [0.717, 1.165) is 12.8 Å². The second-order valence-electron chi connectivity index (χ2n) is 24.6. The Bertz CT molecular complexity index is 5500. The lowest BCUT2D eigenvalue weighted by atomic mass is 9.91. The molecule has 0 N–H and O–H groups in total. The highest BCUT2D eigenvalue weighted by Gasteiger charge is 2.11. The molecular weight excluding hydrogens is 1150 g/mol. The van der Waals surface area contributed by atoms with Crippen molar-refractivity contribution in [3.63, 3.8) is 0 Å². The van der Waals surface area contributed by atoms with Crippen LogP contribution in [0.3, 0.4) is 0 Å². The average Bonchev–Trinajstić information content (AvgIpc) is 0.465. The van der Waals surface area contributed by atoms with E-state index in [9.17, 15) is 0 Å². The number of benzene rings is 20. The van der Waals surface area contributed by atoms with Gasteiger partial charge in [0.15, 0.2) is 0 Å². The minimum Gasteiger partial charge on any atom is -0.0838 e. The topological polar surface area (TPSA) is 0 Å². The zero-order chi connectivity index (χ0) is 64.2. The molecule has 20 aromatic carbocycles. The second-order valence-corrected chi connectivity index (χ2v) is 24.6. The van der Waals surface area contributed by atoms with E-state index in [0.29, 0.717) is 0 Å². The van der Waals surface area contributed by atoms with Gasteiger partial charge in [0.1, 0.15) is 0 Å². The molecule has 0 nitrogen and oxygen atoms in total. The van der Waals surface area contributed by atoms with Gasteiger partial charge in [-0.2, -0.15) is 0 Å². The lowest BCUT2D eigenvalue weighted by molar-refractivity contribution is 1.09. The van der Waals surface area contributed by atoms with E-state index in [1.54, 1.807) is 0 Å². The fourth-order valence-electron chi connectivity index (χ4n) is 13.5. The van der Waals surface area contributed by atoms with Gasteiger partial charge in [-0.15, -0.1) is 0 Å². The number of fused-ring (bicyclic) bond motifs is 12. The van der Waals surface area contributed by atoms with Crippen molar-refractivity contribution in [3.8, 4) is 0 Å². The smallest absolute Gasteiger partial charge is 0.00204 e. The average molecular weight is 1220 g/mol. The first-order chi connectivity index (χ1) is 47.6. The van der Waals surface area contributed by atoms with Gasteiger partial charge < -0.3 is 0 Å². The molecule has 1 aliphatic carbocycles. The maximum absolute atomic E-state index is 2.31. The molecule has 96 heavy (non-hydrogen) atoms. The fourth-order valence-corrected chi connectivity index (χ4v) is 13.5. The minimum absolute atomic E-state index is 1.12. The maximum atomic E-state index is 2.31. The van der Waals surface area contributed by atoms with Gasteiger partial charge in [0.25, 0.3) is 0 Å². The van der Waals surface area contributed by atoms with Crippen LogP contribution in [0.1, 0.15) is 11.1 Å². The Labute approximate surface area is 560 Å². The van der Waals surface area contributed by atoms with Crippen LogP contribution in [0.5, 0.6) is 0 Å². The summed E-state index contributed by atoms with van der Waals surface area (Å²) in [5.74, 6) is 0. The highest BCUT2D eigenvalue weighted by molar-refractivity contribution is 6.29. The normalized spacial score (nSPS) is 11.4. The summed E-state index contributed by atoms with van der Waals surface area (Å²) < 4.78 is 0. The van der Waals surface area contributed by atoms with Crippen molar-refractivity contribution in [2.24, 2.45) is 0 Å². The first-order valence-corrected chi connectivity index (χ1v) is 33.3. The third-order valence-electron chi connectivity index (χ3n) is 18.4. The predicted molar refractivity (Wildman–Crippen MR) is 420 cm³/mol. The molecule has 0 aliphatic heterocycles. The number of hydrogen-bond donors (Lipinski definition) is 0. The van der Waals surface area contributed by atoms with Crippen LogP contribution < -0.4 is 0 Å². The minimum atomic E-state index is 1.12. The van der Waals surface area contributed by atoms with Gasteiger partial charge in [0.05, 0.1) is 0 Å². The predicted octanol–water partition coefficient (Wildman–Crippen LogP) is 26.9. The van der Waals surface area contributed by atoms with Crippen LogP contribution >= 0.6 is 0 Å². The Morgan fingerprint density at radius 2 is 0.354 bits per heavy atom. The van der Waals surface area contributed by atoms with Gasteiger partial charge in [0.2, 0.25) is 0 Å². The monoisotopic (exact) mass is 1220 g/mol. The Morgan fingerprint density at radius 3 is 0.677 bits per heavy atom. The summed E-state index contributed by atoms with van der Waals surface area (Å²) >= 11 is 0. The lowest BCUT2D eigenvalue weighted by Crippen LogP contribution is -1.95. The molecule has 1 aliphatic rings. The van der Waals surface area contributed by atoms with Crippen molar-refractivity contribution in [1.82, 2.24) is 0 Å². The molecule has 0 unspecified atom stereocenters. The van der Waals surface area contributed by atoms with Gasteiger partial charge in [-0.05, 0) is 231 Å². The molecule has 0 heteroatoms. The molecule has 0 radical (unpaired) electrons. The molecule has 0 spiro atoms. The summed E-state index contributed by atoms with van der Waals surface area (Å²) in [5.41, 5.74) is 2.98. The van der Waals surface area contributed by atoms with E-state index < -0.39 is 0 Å². The van der Waals surface area contributed by atoms with E-state index >= 15 is 0 Å². The van der Waals surface area contributed by atoms with Crippen LogP contribution in [-0.4, -0.2) is 0 Å². The molecule has 0 bridgehead atoms. The van der Waals surface area contributed by atoms with Crippen molar-refractivity contribution in [2.75, 3.05) is 0 Å². The van der Waals surface area contributed by atoms with Gasteiger partial charge >= 0.3 is 0 Å². The van der Waals surface area contributed by atoms with Gasteiger partial charge in [0, 0.05) is 0 Å². The van der Waals surface area contributed by atoms with Crippen LogP contribution in [0.4, 0.5) is 0 Å². The summed E-state index contributed by atoms with van der Waals surface area (Å²) in [5, 5.41) is 34.3. The Morgan fingerprint density at radius 1 is 0.125 bits per heavy atom. The molecule has 0 fully saturated rings. The third kappa shape index (κ3) is 13.5. The standard InChI is InChI=1S/C22H14.C20H12.C18H12.C10H10.2C10H8.C6H6/c1-2-6-16-10-20-14-22-12-18-8-4-3-7-17(18)11-21(22)13-19(20)9-15(16)5-1;1-2-7-17-15(4-1)12-16-9-8-13-5-3-6-14-10-11-18(17)20(16)19(13)14;1-2-6-14-10-18-12-16-8-4-3-7-15(16)11-17(18)9-13(14)5-1;3*1-2-6-10-8-4-3-7-9(10)5-1;1-2-4-6-5-3-1/h1-14H;1-12H;1-12H;1-6H,7-8H2;2*1-8H;1-6H. The summed E-state index contributed by atoms with van der Waals surface area (Å²) in [6.45, 7) is 0. The number of rotatable bonds is 0. The van der Waals surface area contributed by atoms with Gasteiger partial charge in [-0.1, -0.05) is 334 Å². The number of hydrogen-bond acceptors (Lipinski definition) is 0. The molecule has 0 atom stereocenters. The molecular formula is C96H70. The van der Waals surface area contributed by atoms with Crippen molar-refractivity contribution < 1.29 is 0 Å². The largest absolute Gasteiger partial charge is 0.0838 e. The first-order valence-electron chi connectivity index (χ1n) is 33.3. The van der Waals surface area contributed by atoms with Crippen molar-refractivity contribution in [1.29, 1.82) is 0 Å². The van der Waals surface area contributed by atoms with E-state index in [2.05, 4.69) is 364 Å². The fraction of sp³-hybridized carbons (Fsp3) is 0.0208. The number of allylic oxidation sites excluding steroid dienone is 2. The Hall–Kier alpha value is -12.2. The van der Waals surface area contributed by atoms with Crippen LogP contribution in [0.25, 0.3) is 140 Å². The highest BCUT2D eigenvalue weighted by atomic mass is 14.1. The molecule has 0 saturated carbocycles. The van der Waals surface area contributed by atoms with E-state index in [1.807, 2.05) is 36.4 Å². The van der Waals surface area contributed by atoms with Crippen LogP contribution in [-0.2, 0) is 12.8 Å². The summed E-state index contributed by atoms with van der Waals surface area (Å²) in [4.78, 5) is 0.